The second-order valence-corrected chi connectivity index (χ2v) is 8.47. The largest absolute Gasteiger partial charge is 0.231 e. The lowest BCUT2D eigenvalue weighted by Gasteiger charge is -2.18. The normalized spacial score (nSPS) is 12.4. The lowest BCUT2D eigenvalue weighted by Crippen LogP contribution is -2.08. The minimum absolute atomic E-state index is 0.0559. The van der Waals surface area contributed by atoms with E-state index in [1.165, 1.54) is 6.07 Å². The molecule has 0 saturated carbocycles. The highest BCUT2D eigenvalue weighted by atomic mass is 79.9. The number of hydrogen-bond donors (Lipinski definition) is 1. The van der Waals surface area contributed by atoms with Crippen LogP contribution in [0.5, 0.6) is 0 Å². The van der Waals surface area contributed by atoms with Crippen LogP contribution in [0.2, 0.25) is 10.0 Å². The molecule has 0 radical (unpaired) electrons. The van der Waals surface area contributed by atoms with Crippen LogP contribution in [0, 0.1) is 11.6 Å². The monoisotopic (exact) mass is 490 g/mol. The molecule has 8 heteroatoms. The van der Waals surface area contributed by atoms with E-state index in [9.17, 15) is 17.2 Å². The van der Waals surface area contributed by atoms with E-state index >= 15 is 0 Å². The fourth-order valence-corrected chi connectivity index (χ4v) is 4.80. The average molecular weight is 492 g/mol. The number of hydrogen-bond acceptors (Lipinski definition) is 2. The highest BCUT2D eigenvalue weighted by Crippen LogP contribution is 2.42. The second kappa shape index (κ2) is 8.27. The van der Waals surface area contributed by atoms with Crippen molar-refractivity contribution in [3.63, 3.8) is 0 Å². The summed E-state index contributed by atoms with van der Waals surface area (Å²) in [5.41, 5.74) is 1.12. The van der Waals surface area contributed by atoms with Gasteiger partial charge in [0.25, 0.3) is 0 Å². The van der Waals surface area contributed by atoms with Crippen LogP contribution in [0.4, 0.5) is 8.78 Å². The van der Waals surface area contributed by atoms with E-state index in [0.717, 1.165) is 22.2 Å². The van der Waals surface area contributed by atoms with Gasteiger partial charge in [0.1, 0.15) is 16.9 Å². The number of thiol groups is 1. The van der Waals surface area contributed by atoms with Gasteiger partial charge < -0.3 is 0 Å². The topological polar surface area (TPSA) is 34.1 Å². The Hall–Kier alpha value is -1.47. The molecule has 2 nitrogen and oxygen atoms in total. The zero-order valence-corrected chi connectivity index (χ0v) is 17.4. The van der Waals surface area contributed by atoms with Gasteiger partial charge in [-0.1, -0.05) is 63.4 Å². The first-order chi connectivity index (χ1) is 12.8. The minimum atomic E-state index is -3.20. The minimum Gasteiger partial charge on any atom is -0.231 e. The molecule has 0 spiro atoms. The molecule has 0 amide bonds. The molecule has 140 valence electrons. The predicted molar refractivity (Wildman–Crippen MR) is 108 cm³/mol. The second-order valence-electron chi connectivity index (χ2n) is 5.68. The van der Waals surface area contributed by atoms with Crippen LogP contribution >= 0.6 is 39.1 Å². The molecule has 0 aliphatic heterocycles. The van der Waals surface area contributed by atoms with Gasteiger partial charge in [0.2, 0.25) is 0 Å². The summed E-state index contributed by atoms with van der Waals surface area (Å²) in [4.78, 5) is 0. The van der Waals surface area contributed by atoms with Gasteiger partial charge in [0.15, 0.2) is 10.7 Å². The van der Waals surface area contributed by atoms with Crippen molar-refractivity contribution < 1.29 is 17.2 Å². The number of rotatable bonds is 4. The molecule has 0 aromatic heterocycles. The first kappa shape index (κ1) is 20.3. The van der Waals surface area contributed by atoms with Gasteiger partial charge in [-0.05, 0) is 29.8 Å². The van der Waals surface area contributed by atoms with Crippen molar-refractivity contribution in [3.8, 4) is 11.1 Å². The molecule has 0 aliphatic carbocycles. The summed E-state index contributed by atoms with van der Waals surface area (Å²) in [7, 11) is -3.20. The van der Waals surface area contributed by atoms with Gasteiger partial charge >= 0.3 is 0 Å². The molecular formula is C19H11BrCl2F2O2S. The van der Waals surface area contributed by atoms with Crippen LogP contribution in [-0.2, 0) is 10.7 Å². The number of benzene rings is 3. The zero-order valence-electron chi connectivity index (χ0n) is 13.4. The molecule has 0 saturated heterocycles. The molecule has 0 fully saturated rings. The Labute approximate surface area is 174 Å². The van der Waals surface area contributed by atoms with Crippen LogP contribution in [-0.4, -0.2) is 8.42 Å². The van der Waals surface area contributed by atoms with Crippen LogP contribution in [0.15, 0.2) is 59.1 Å². The third-order valence-corrected chi connectivity index (χ3v) is 6.25. The van der Waals surface area contributed by atoms with Crippen molar-refractivity contribution in [2.45, 2.75) is 5.25 Å². The van der Waals surface area contributed by atoms with E-state index in [2.05, 4.69) is 15.9 Å². The summed E-state index contributed by atoms with van der Waals surface area (Å²) in [6, 6.07) is 13.1. The molecule has 0 bridgehead atoms. The van der Waals surface area contributed by atoms with Crippen molar-refractivity contribution in [2.24, 2.45) is 0 Å². The fraction of sp³-hybridized carbons (Fsp3) is 0.0526. The molecule has 27 heavy (non-hydrogen) atoms. The molecule has 0 heterocycles. The van der Waals surface area contributed by atoms with Crippen molar-refractivity contribution in [3.05, 3.63) is 91.9 Å². The molecule has 1 atom stereocenters. The van der Waals surface area contributed by atoms with Crippen molar-refractivity contribution >= 4 is 49.8 Å². The summed E-state index contributed by atoms with van der Waals surface area (Å²) >= 11 is 16.1. The standard InChI is InChI=1S/C19H11BrCl2F2O2S/c20-11-3-1-10(2-4-11)13-7-8-15(21)17(18(13)22)19(27(25)26)14-6-5-12(23)9-16(14)24/h1-9,19,27H. The Morgan fingerprint density at radius 3 is 2.19 bits per heavy atom. The Morgan fingerprint density at radius 1 is 0.926 bits per heavy atom. The maximum atomic E-state index is 14.3. The van der Waals surface area contributed by atoms with Gasteiger partial charge in [0.05, 0.1) is 5.02 Å². The van der Waals surface area contributed by atoms with Crippen LogP contribution in [0.25, 0.3) is 11.1 Å². The highest BCUT2D eigenvalue weighted by molar-refractivity contribution is 9.10. The third-order valence-electron chi connectivity index (χ3n) is 4.02. The Morgan fingerprint density at radius 2 is 1.59 bits per heavy atom. The van der Waals surface area contributed by atoms with Gasteiger partial charge in [-0.3, -0.25) is 0 Å². The van der Waals surface area contributed by atoms with E-state index in [0.29, 0.717) is 11.6 Å². The molecule has 0 N–H and O–H groups in total. The highest BCUT2D eigenvalue weighted by Gasteiger charge is 2.27. The first-order valence-electron chi connectivity index (χ1n) is 7.62. The van der Waals surface area contributed by atoms with Gasteiger partial charge in [-0.15, -0.1) is 0 Å². The molecule has 3 rings (SSSR count). The van der Waals surface area contributed by atoms with E-state index in [1.54, 1.807) is 18.2 Å². The fourth-order valence-electron chi connectivity index (χ4n) is 2.77. The molecule has 0 aliphatic rings. The molecule has 3 aromatic rings. The Balaban J connectivity index is 2.24. The van der Waals surface area contributed by atoms with Crippen LogP contribution < -0.4 is 0 Å². The summed E-state index contributed by atoms with van der Waals surface area (Å²) in [5, 5.41) is -1.28. The lowest BCUT2D eigenvalue weighted by molar-refractivity contribution is 0.568. The maximum absolute atomic E-state index is 14.3. The van der Waals surface area contributed by atoms with Crippen LogP contribution in [0.3, 0.4) is 0 Å². The van der Waals surface area contributed by atoms with E-state index in [-0.39, 0.29) is 21.2 Å². The quantitative estimate of drug-likeness (QED) is 0.428. The first-order valence-corrected chi connectivity index (χ1v) is 10.4. The van der Waals surface area contributed by atoms with Gasteiger partial charge in [-0.2, -0.15) is 0 Å². The number of halogens is 5. The van der Waals surface area contributed by atoms with E-state index < -0.39 is 27.6 Å². The van der Waals surface area contributed by atoms with Gasteiger partial charge in [0, 0.05) is 32.3 Å². The SMILES string of the molecule is O=[SH](=O)C(c1ccc(F)cc1F)c1c(Cl)ccc(-c2ccc(Br)cc2)c1Cl. The summed E-state index contributed by atoms with van der Waals surface area (Å²) in [5.74, 6) is -1.79. The van der Waals surface area contributed by atoms with Crippen molar-refractivity contribution in [2.75, 3.05) is 0 Å². The summed E-state index contributed by atoms with van der Waals surface area (Å²) in [6.07, 6.45) is 0. The third kappa shape index (κ3) is 4.19. The van der Waals surface area contributed by atoms with Crippen molar-refractivity contribution in [1.29, 1.82) is 0 Å². The smallest absolute Gasteiger partial charge is 0.151 e. The molecule has 1 unspecified atom stereocenters. The van der Waals surface area contributed by atoms with Crippen molar-refractivity contribution in [1.82, 2.24) is 0 Å². The van der Waals surface area contributed by atoms with E-state index in [4.69, 9.17) is 23.2 Å². The van der Waals surface area contributed by atoms with Gasteiger partial charge in [-0.25, -0.2) is 17.2 Å². The Bertz CT molecular complexity index is 1080. The maximum Gasteiger partial charge on any atom is 0.151 e. The Kier molecular flexibility index (Phi) is 6.21. The summed E-state index contributed by atoms with van der Waals surface area (Å²) < 4.78 is 52.4. The van der Waals surface area contributed by atoms with Crippen LogP contribution in [0.1, 0.15) is 16.4 Å². The zero-order chi connectivity index (χ0) is 19.7. The molecular weight excluding hydrogens is 481 g/mol. The average Bonchev–Trinajstić information content (AvgIpc) is 2.60. The predicted octanol–water partition coefficient (Wildman–Crippen LogP) is 6.40. The molecule has 3 aromatic carbocycles. The lowest BCUT2D eigenvalue weighted by atomic mass is 9.98. The summed E-state index contributed by atoms with van der Waals surface area (Å²) in [6.45, 7) is 0. The van der Waals surface area contributed by atoms with E-state index in [1.807, 2.05) is 12.1 Å².